The van der Waals surface area contributed by atoms with Gasteiger partial charge in [-0.05, 0) is 91.7 Å². The molecule has 2 atom stereocenters. The number of aromatic nitrogens is 4. The second kappa shape index (κ2) is 24.4. The highest BCUT2D eigenvalue weighted by atomic mass is 35.5. The Morgan fingerprint density at radius 2 is 1.58 bits per heavy atom. The molecule has 1 fully saturated rings. The molecule has 7 aromatic rings. The molecule has 6 heterocycles. The van der Waals surface area contributed by atoms with Crippen LogP contribution in [0.5, 0.6) is 28.9 Å². The van der Waals surface area contributed by atoms with Crippen molar-refractivity contribution in [1.82, 2.24) is 29.7 Å². The summed E-state index contributed by atoms with van der Waals surface area (Å²) in [5, 5.41) is 12.1. The van der Waals surface area contributed by atoms with E-state index in [4.69, 9.17) is 66.1 Å². The average Bonchev–Trinajstić information content (AvgIpc) is 3.79. The number of thiophene rings is 1. The first kappa shape index (κ1) is 52.6. The Morgan fingerprint density at radius 1 is 0.838 bits per heavy atom. The van der Waals surface area contributed by atoms with E-state index in [0.29, 0.717) is 123 Å². The minimum absolute atomic E-state index is 0.0347. The number of halogens is 3. The molecule has 0 spiro atoms. The summed E-state index contributed by atoms with van der Waals surface area (Å²) in [6.07, 6.45) is 0.664. The molecule has 16 nitrogen and oxygen atoms in total. The first-order chi connectivity index (χ1) is 35.9. The summed E-state index contributed by atoms with van der Waals surface area (Å²) in [6, 6.07) is 20.1. The number of likely N-dealkylation sites (N-methyl/N-ethyl adjacent to an activating group) is 1. The van der Waals surface area contributed by atoms with Gasteiger partial charge in [-0.1, -0.05) is 47.5 Å². The van der Waals surface area contributed by atoms with Crippen LogP contribution in [-0.4, -0.2) is 140 Å². The van der Waals surface area contributed by atoms with Gasteiger partial charge in [-0.2, -0.15) is 0 Å². The number of hydrogen-bond donors (Lipinski definition) is 1. The molecule has 0 amide bonds. The summed E-state index contributed by atoms with van der Waals surface area (Å²) in [4.78, 5) is 37.9. The molecule has 3 aliphatic rings. The molecule has 1 saturated heterocycles. The Morgan fingerprint density at radius 3 is 2.32 bits per heavy atom. The van der Waals surface area contributed by atoms with Crippen LogP contribution < -0.4 is 23.7 Å². The molecule has 4 aromatic carbocycles. The molecular formula is C54H55Cl2FN6O10S. The molecule has 74 heavy (non-hydrogen) atoms. The van der Waals surface area contributed by atoms with Gasteiger partial charge in [-0.15, -0.1) is 11.3 Å². The molecule has 10 rings (SSSR count). The first-order valence-corrected chi connectivity index (χ1v) is 25.6. The zero-order valence-corrected chi connectivity index (χ0v) is 43.6. The third kappa shape index (κ3) is 12.3. The van der Waals surface area contributed by atoms with E-state index in [1.807, 2.05) is 38.1 Å². The van der Waals surface area contributed by atoms with Gasteiger partial charge in [0.25, 0.3) is 0 Å². The van der Waals surface area contributed by atoms with Crippen LogP contribution in [0.1, 0.15) is 28.5 Å². The molecular weight excluding hydrogens is 1010 g/mol. The summed E-state index contributed by atoms with van der Waals surface area (Å²) < 4.78 is 62.8. The highest BCUT2D eigenvalue weighted by Gasteiger charge is 2.33. The average molecular weight is 1070 g/mol. The lowest BCUT2D eigenvalue weighted by Crippen LogP contribution is -2.49. The number of methoxy groups -OCH3 is 1. The number of carbonyl (C=O) groups is 1. The fourth-order valence-corrected chi connectivity index (χ4v) is 10.4. The van der Waals surface area contributed by atoms with Crippen molar-refractivity contribution in [3.63, 3.8) is 0 Å². The van der Waals surface area contributed by atoms with E-state index in [-0.39, 0.29) is 40.5 Å². The van der Waals surface area contributed by atoms with E-state index in [9.17, 15) is 14.3 Å². The summed E-state index contributed by atoms with van der Waals surface area (Å²) in [5.41, 5.74) is 4.53. The highest BCUT2D eigenvalue weighted by molar-refractivity contribution is 7.22. The van der Waals surface area contributed by atoms with Crippen LogP contribution in [0.2, 0.25) is 10.0 Å². The van der Waals surface area contributed by atoms with Gasteiger partial charge in [0, 0.05) is 67.6 Å². The standard InChI is InChI=1S/C54H55Cl2FN6O10S/c1-32-43-33(2)47(56)49(46(32)55)72-40(28-63-18-16-62(3)17-19-63)30-70-39-12-13-42(71-29-37-14-15-58-51(61-37)35-6-5-7-38(26-35)69-25-24-68-23-22-67-21-20-66-4)41(27-39)48(54(64)65)73-52-45-44(43)50(74-53(45)60-31-59-52)34-8-10-36(57)11-9-34/h5-15,26-27,31,40,48H,16-25,28-30H2,1-4H3,(H,64,65)/t40-,48-/m1/s1. The lowest BCUT2D eigenvalue weighted by atomic mass is 9.92. The normalized spacial score (nSPS) is 16.1. The third-order valence-corrected chi connectivity index (χ3v) is 14.7. The molecule has 20 heteroatoms. The van der Waals surface area contributed by atoms with Gasteiger partial charge >= 0.3 is 5.97 Å². The zero-order chi connectivity index (χ0) is 51.7. The molecule has 0 unspecified atom stereocenters. The number of carboxylic acid groups (broad SMARTS) is 1. The third-order valence-electron chi connectivity index (χ3n) is 12.6. The molecule has 0 saturated carbocycles. The Hall–Kier alpha value is -6.22. The Labute approximate surface area is 441 Å². The maximum atomic E-state index is 14.4. The second-order valence-electron chi connectivity index (χ2n) is 17.7. The van der Waals surface area contributed by atoms with Crippen molar-refractivity contribution in [2.45, 2.75) is 32.7 Å². The fraction of sp³-hybridized carbons (Fsp3) is 0.352. The van der Waals surface area contributed by atoms with Crippen molar-refractivity contribution in [3.8, 4) is 61.8 Å². The van der Waals surface area contributed by atoms with Gasteiger partial charge in [-0.25, -0.2) is 29.1 Å². The van der Waals surface area contributed by atoms with Crippen molar-refractivity contribution < 1.29 is 52.2 Å². The van der Waals surface area contributed by atoms with Gasteiger partial charge in [0.1, 0.15) is 60.1 Å². The van der Waals surface area contributed by atoms with Crippen LogP contribution in [-0.2, 0) is 25.6 Å². The minimum Gasteiger partial charge on any atom is -0.491 e. The van der Waals surface area contributed by atoms with E-state index < -0.39 is 24.0 Å². The lowest BCUT2D eigenvalue weighted by molar-refractivity contribution is -0.145. The SMILES string of the molecule is COCCOCCOCCOc1cccc(-c2nccc(COc3ccc4cc3[C@H](C(=O)O)Oc3ncnc5sc(-c6ccc(F)cc6)c(c35)-c3c(C)c(Cl)c(c(Cl)c3C)O[C@H](CN3CCN(C)CC3)CO4)n2)c1. The van der Waals surface area contributed by atoms with E-state index in [1.165, 1.54) is 29.8 Å². The Balaban J connectivity index is 1.06. The number of ether oxygens (including phenoxy) is 8. The topological polar surface area (TPSA) is 169 Å². The Kier molecular flexibility index (Phi) is 17.4. The van der Waals surface area contributed by atoms with Crippen molar-refractivity contribution in [2.24, 2.45) is 0 Å². The summed E-state index contributed by atoms with van der Waals surface area (Å²) in [7, 11) is 3.72. The lowest BCUT2D eigenvalue weighted by Gasteiger charge is -2.35. The van der Waals surface area contributed by atoms with Crippen molar-refractivity contribution >= 4 is 50.7 Å². The van der Waals surface area contributed by atoms with Gasteiger partial charge in [0.05, 0.1) is 54.2 Å². The highest BCUT2D eigenvalue weighted by Crippen LogP contribution is 2.53. The smallest absolute Gasteiger partial charge is 0.349 e. The van der Waals surface area contributed by atoms with Crippen molar-refractivity contribution in [2.75, 3.05) is 93.1 Å². The van der Waals surface area contributed by atoms with Gasteiger partial charge < -0.3 is 47.9 Å². The monoisotopic (exact) mass is 1070 g/mol. The van der Waals surface area contributed by atoms with E-state index >= 15 is 0 Å². The zero-order valence-electron chi connectivity index (χ0n) is 41.3. The molecule has 388 valence electrons. The molecule has 3 aliphatic heterocycles. The quantitative estimate of drug-likeness (QED) is 0.0805. The summed E-state index contributed by atoms with van der Waals surface area (Å²) in [6.45, 7) is 10.2. The van der Waals surface area contributed by atoms with Gasteiger partial charge in [-0.3, -0.25) is 4.90 Å². The maximum Gasteiger partial charge on any atom is 0.349 e. The molecule has 4 bridgehead atoms. The van der Waals surface area contributed by atoms with Crippen LogP contribution in [0.25, 0.3) is 43.2 Å². The van der Waals surface area contributed by atoms with Crippen LogP contribution in [0.15, 0.2) is 85.3 Å². The number of benzene rings is 4. The number of piperazine rings is 1. The number of carboxylic acids is 1. The predicted octanol–water partition coefficient (Wildman–Crippen LogP) is 9.77. The van der Waals surface area contributed by atoms with E-state index in [2.05, 4.69) is 31.8 Å². The number of rotatable bonds is 18. The fourth-order valence-electron chi connectivity index (χ4n) is 8.74. The van der Waals surface area contributed by atoms with E-state index in [0.717, 1.165) is 26.2 Å². The second-order valence-corrected chi connectivity index (χ2v) is 19.5. The summed E-state index contributed by atoms with van der Waals surface area (Å²) in [5.74, 6) is 0.0945. The van der Waals surface area contributed by atoms with Crippen molar-refractivity contribution in [1.29, 1.82) is 0 Å². The Bertz CT molecular complexity index is 3060. The number of nitrogens with zero attached hydrogens (tertiary/aromatic N) is 6. The van der Waals surface area contributed by atoms with Crippen LogP contribution in [0.3, 0.4) is 0 Å². The molecule has 0 aliphatic carbocycles. The first-order valence-electron chi connectivity index (χ1n) is 24.0. The molecule has 3 aromatic heterocycles. The van der Waals surface area contributed by atoms with Crippen LogP contribution >= 0.6 is 34.5 Å². The molecule has 0 radical (unpaired) electrons. The van der Waals surface area contributed by atoms with Gasteiger partial charge in [0.2, 0.25) is 12.0 Å². The van der Waals surface area contributed by atoms with Gasteiger partial charge in [0.15, 0.2) is 11.6 Å². The largest absolute Gasteiger partial charge is 0.491 e. The van der Waals surface area contributed by atoms with E-state index in [1.54, 1.807) is 49.7 Å². The van der Waals surface area contributed by atoms with Crippen LogP contribution in [0, 0.1) is 19.7 Å². The van der Waals surface area contributed by atoms with Crippen LogP contribution in [0.4, 0.5) is 4.39 Å². The number of aliphatic carboxylic acids is 1. The maximum absolute atomic E-state index is 14.4. The minimum atomic E-state index is -1.70. The number of hydrogen-bond acceptors (Lipinski definition) is 16. The summed E-state index contributed by atoms with van der Waals surface area (Å²) >= 11 is 16.0. The predicted molar refractivity (Wildman–Crippen MR) is 280 cm³/mol. The van der Waals surface area contributed by atoms with Crippen molar-refractivity contribution in [3.05, 3.63) is 124 Å². The molecule has 1 N–H and O–H groups in total. The number of fused-ring (bicyclic) bond motifs is 6.